The Hall–Kier alpha value is -0.120. The number of hydrogen-bond acceptors (Lipinski definition) is 3. The quantitative estimate of drug-likeness (QED) is 0.853. The number of aliphatic hydroxyl groups excluding tert-OH is 1. The fourth-order valence-corrected chi connectivity index (χ4v) is 4.47. The van der Waals surface area contributed by atoms with Crippen LogP contribution in [0.25, 0.3) is 0 Å². The lowest BCUT2D eigenvalue weighted by atomic mass is 9.73. The number of hydrogen-bond donors (Lipinski definition) is 1. The van der Waals surface area contributed by atoms with E-state index in [4.69, 9.17) is 4.74 Å². The summed E-state index contributed by atoms with van der Waals surface area (Å²) in [6, 6.07) is 0.632. The SMILES string of the molecule is OCC1(CN2CCOC3CCCCC32)CCCCC1. The van der Waals surface area contributed by atoms with Gasteiger partial charge in [0.25, 0.3) is 0 Å². The molecule has 3 aliphatic rings. The number of aliphatic hydroxyl groups is 1. The average Bonchev–Trinajstić information content (AvgIpc) is 2.49. The highest BCUT2D eigenvalue weighted by molar-refractivity contribution is 4.92. The molecular formula is C16H29NO2. The van der Waals surface area contributed by atoms with Gasteiger partial charge in [-0.05, 0) is 25.7 Å². The standard InChI is InChI=1S/C16H29NO2/c18-13-16(8-4-1-5-9-16)12-17-10-11-19-15-7-3-2-6-14(15)17/h14-15,18H,1-13H2. The van der Waals surface area contributed by atoms with E-state index in [9.17, 15) is 5.11 Å². The minimum Gasteiger partial charge on any atom is -0.396 e. The van der Waals surface area contributed by atoms with Gasteiger partial charge >= 0.3 is 0 Å². The lowest BCUT2D eigenvalue weighted by Crippen LogP contribution is -2.56. The molecule has 2 unspecified atom stereocenters. The van der Waals surface area contributed by atoms with E-state index in [1.165, 1.54) is 57.8 Å². The van der Waals surface area contributed by atoms with Gasteiger partial charge in [-0.3, -0.25) is 4.90 Å². The van der Waals surface area contributed by atoms with Crippen molar-refractivity contribution in [2.75, 3.05) is 26.3 Å². The Labute approximate surface area is 117 Å². The van der Waals surface area contributed by atoms with E-state index in [1.54, 1.807) is 0 Å². The molecule has 2 aliphatic carbocycles. The van der Waals surface area contributed by atoms with Gasteiger partial charge in [0, 0.05) is 31.2 Å². The number of nitrogens with zero attached hydrogens (tertiary/aromatic N) is 1. The molecule has 3 heteroatoms. The van der Waals surface area contributed by atoms with Crippen molar-refractivity contribution in [3.8, 4) is 0 Å². The van der Waals surface area contributed by atoms with E-state index in [2.05, 4.69) is 4.90 Å². The number of morpholine rings is 1. The molecule has 1 heterocycles. The van der Waals surface area contributed by atoms with Crippen molar-refractivity contribution in [3.63, 3.8) is 0 Å². The summed E-state index contributed by atoms with van der Waals surface area (Å²) in [5.41, 5.74) is 0.192. The van der Waals surface area contributed by atoms with Gasteiger partial charge in [0.1, 0.15) is 0 Å². The zero-order chi connectivity index (χ0) is 13.1. The summed E-state index contributed by atoms with van der Waals surface area (Å²) in [6.07, 6.45) is 12.1. The predicted octanol–water partition coefficient (Wildman–Crippen LogP) is 2.57. The molecule has 3 fully saturated rings. The Balaban J connectivity index is 1.66. The Morgan fingerprint density at radius 2 is 1.84 bits per heavy atom. The maximum Gasteiger partial charge on any atom is 0.0730 e. The largest absolute Gasteiger partial charge is 0.396 e. The smallest absolute Gasteiger partial charge is 0.0730 e. The van der Waals surface area contributed by atoms with Crippen LogP contribution in [0.1, 0.15) is 57.8 Å². The summed E-state index contributed by atoms with van der Waals surface area (Å²) in [6.45, 7) is 3.45. The molecule has 3 rings (SSSR count). The molecule has 1 N–H and O–H groups in total. The first-order valence-corrected chi connectivity index (χ1v) is 8.30. The maximum atomic E-state index is 9.91. The molecule has 3 nitrogen and oxygen atoms in total. The minimum atomic E-state index is 0.192. The van der Waals surface area contributed by atoms with Crippen molar-refractivity contribution < 1.29 is 9.84 Å². The van der Waals surface area contributed by atoms with Gasteiger partial charge in [0.05, 0.1) is 12.7 Å². The summed E-state index contributed by atoms with van der Waals surface area (Å²) in [5.74, 6) is 0. The van der Waals surface area contributed by atoms with Crippen LogP contribution >= 0.6 is 0 Å². The van der Waals surface area contributed by atoms with Crippen LogP contribution in [0.3, 0.4) is 0 Å². The first-order valence-electron chi connectivity index (χ1n) is 8.30. The first kappa shape index (κ1) is 13.8. The zero-order valence-electron chi connectivity index (χ0n) is 12.1. The molecule has 0 bridgehead atoms. The van der Waals surface area contributed by atoms with Crippen LogP contribution in [-0.4, -0.2) is 48.5 Å². The number of ether oxygens (including phenoxy) is 1. The lowest BCUT2D eigenvalue weighted by molar-refractivity contribution is -0.106. The van der Waals surface area contributed by atoms with E-state index in [-0.39, 0.29) is 5.41 Å². The molecule has 110 valence electrons. The van der Waals surface area contributed by atoms with Gasteiger partial charge in [-0.2, -0.15) is 0 Å². The predicted molar refractivity (Wildman–Crippen MR) is 76.2 cm³/mol. The molecule has 0 aromatic heterocycles. The van der Waals surface area contributed by atoms with E-state index < -0.39 is 0 Å². The van der Waals surface area contributed by atoms with Gasteiger partial charge in [0.2, 0.25) is 0 Å². The minimum absolute atomic E-state index is 0.192. The average molecular weight is 267 g/mol. The molecule has 19 heavy (non-hydrogen) atoms. The monoisotopic (exact) mass is 267 g/mol. The normalized spacial score (nSPS) is 35.8. The third kappa shape index (κ3) is 2.98. The second-order valence-corrected chi connectivity index (χ2v) is 6.95. The molecule has 0 radical (unpaired) electrons. The van der Waals surface area contributed by atoms with Gasteiger partial charge in [-0.15, -0.1) is 0 Å². The third-order valence-electron chi connectivity index (χ3n) is 5.64. The van der Waals surface area contributed by atoms with Gasteiger partial charge in [0.15, 0.2) is 0 Å². The van der Waals surface area contributed by atoms with E-state index in [1.807, 2.05) is 0 Å². The summed E-state index contributed by atoms with van der Waals surface area (Å²) >= 11 is 0. The van der Waals surface area contributed by atoms with Crippen LogP contribution in [0, 0.1) is 5.41 Å². The Bertz CT molecular complexity index is 286. The van der Waals surface area contributed by atoms with Crippen LogP contribution in [0.15, 0.2) is 0 Å². The Kier molecular flexibility index (Phi) is 4.45. The van der Waals surface area contributed by atoms with E-state index in [0.717, 1.165) is 19.7 Å². The number of fused-ring (bicyclic) bond motifs is 1. The highest BCUT2D eigenvalue weighted by atomic mass is 16.5. The van der Waals surface area contributed by atoms with Crippen molar-refractivity contribution in [2.24, 2.45) is 5.41 Å². The highest BCUT2D eigenvalue weighted by Gasteiger charge is 2.39. The van der Waals surface area contributed by atoms with Crippen LogP contribution in [0.4, 0.5) is 0 Å². The van der Waals surface area contributed by atoms with Crippen molar-refractivity contribution in [1.82, 2.24) is 4.90 Å². The van der Waals surface area contributed by atoms with E-state index >= 15 is 0 Å². The third-order valence-corrected chi connectivity index (χ3v) is 5.64. The molecule has 1 saturated heterocycles. The summed E-state index contributed by atoms with van der Waals surface area (Å²) < 4.78 is 5.96. The molecule has 2 atom stereocenters. The molecular weight excluding hydrogens is 238 g/mol. The molecule has 0 amide bonds. The van der Waals surface area contributed by atoms with Gasteiger partial charge < -0.3 is 9.84 Å². The molecule has 0 aromatic carbocycles. The molecule has 0 spiro atoms. The second kappa shape index (κ2) is 6.11. The molecule has 0 aromatic rings. The molecule has 2 saturated carbocycles. The summed E-state index contributed by atoms with van der Waals surface area (Å²) in [7, 11) is 0. The van der Waals surface area contributed by atoms with Gasteiger partial charge in [-0.1, -0.05) is 32.1 Å². The Morgan fingerprint density at radius 3 is 2.63 bits per heavy atom. The fourth-order valence-electron chi connectivity index (χ4n) is 4.47. The van der Waals surface area contributed by atoms with Crippen LogP contribution < -0.4 is 0 Å². The second-order valence-electron chi connectivity index (χ2n) is 6.95. The van der Waals surface area contributed by atoms with E-state index in [0.29, 0.717) is 18.8 Å². The fraction of sp³-hybridized carbons (Fsp3) is 1.00. The van der Waals surface area contributed by atoms with Crippen LogP contribution in [-0.2, 0) is 4.74 Å². The topological polar surface area (TPSA) is 32.7 Å². The molecule has 1 aliphatic heterocycles. The van der Waals surface area contributed by atoms with Crippen molar-refractivity contribution in [2.45, 2.75) is 69.9 Å². The van der Waals surface area contributed by atoms with Gasteiger partial charge in [-0.25, -0.2) is 0 Å². The van der Waals surface area contributed by atoms with Crippen molar-refractivity contribution in [3.05, 3.63) is 0 Å². The van der Waals surface area contributed by atoms with Crippen molar-refractivity contribution >= 4 is 0 Å². The van der Waals surface area contributed by atoms with Crippen molar-refractivity contribution in [1.29, 1.82) is 0 Å². The summed E-state index contributed by atoms with van der Waals surface area (Å²) in [5, 5.41) is 9.91. The summed E-state index contributed by atoms with van der Waals surface area (Å²) in [4.78, 5) is 2.66. The van der Waals surface area contributed by atoms with Crippen LogP contribution in [0.2, 0.25) is 0 Å². The highest BCUT2D eigenvalue weighted by Crippen LogP contribution is 2.39. The lowest BCUT2D eigenvalue weighted by Gasteiger charge is -2.48. The maximum absolute atomic E-state index is 9.91. The zero-order valence-corrected chi connectivity index (χ0v) is 12.1. The Morgan fingerprint density at radius 1 is 1.05 bits per heavy atom. The number of rotatable bonds is 3. The van der Waals surface area contributed by atoms with Crippen LogP contribution in [0.5, 0.6) is 0 Å². The first-order chi connectivity index (χ1) is 9.33.